The summed E-state index contributed by atoms with van der Waals surface area (Å²) in [4.78, 5) is 24.5. The zero-order valence-corrected chi connectivity index (χ0v) is 12.5. The average Bonchev–Trinajstić information content (AvgIpc) is 2.41. The van der Waals surface area contributed by atoms with Crippen LogP contribution in [0, 0.1) is 12.7 Å². The molecule has 2 N–H and O–H groups in total. The van der Waals surface area contributed by atoms with Gasteiger partial charge < -0.3 is 10.4 Å². The molecule has 1 unspecified atom stereocenters. The van der Waals surface area contributed by atoms with Gasteiger partial charge in [0, 0.05) is 5.69 Å². The number of aryl methyl sites for hydroxylation is 1. The molecule has 1 amide bonds. The molecule has 1 atom stereocenters. The van der Waals surface area contributed by atoms with Crippen LogP contribution in [0.3, 0.4) is 0 Å². The number of hydrogen-bond acceptors (Lipinski definition) is 3. The maximum atomic E-state index is 13.4. The van der Waals surface area contributed by atoms with E-state index in [4.69, 9.17) is 5.11 Å². The topological polar surface area (TPSA) is 69.6 Å². The van der Waals surface area contributed by atoms with Gasteiger partial charge in [-0.15, -0.1) is 0 Å². The Morgan fingerprint density at radius 1 is 1.43 bits per heavy atom. The summed E-state index contributed by atoms with van der Waals surface area (Å²) in [7, 11) is 0. The second-order valence-electron chi connectivity index (χ2n) is 4.99. The number of amides is 1. The SMILES string of the molecule is CCCN(CC(=O)O)C(C)C(=O)Nc1ccc(C)c(F)c1. The Kier molecular flexibility index (Phi) is 6.30. The number of nitrogens with zero attached hydrogens (tertiary/aromatic N) is 1. The van der Waals surface area contributed by atoms with Crippen molar-refractivity contribution in [1.29, 1.82) is 0 Å². The maximum absolute atomic E-state index is 13.4. The van der Waals surface area contributed by atoms with Gasteiger partial charge in [-0.1, -0.05) is 13.0 Å². The van der Waals surface area contributed by atoms with E-state index in [1.54, 1.807) is 30.9 Å². The fourth-order valence-corrected chi connectivity index (χ4v) is 1.95. The fourth-order valence-electron chi connectivity index (χ4n) is 1.95. The number of rotatable bonds is 7. The van der Waals surface area contributed by atoms with Gasteiger partial charge in [-0.2, -0.15) is 0 Å². The van der Waals surface area contributed by atoms with Crippen molar-refractivity contribution in [2.24, 2.45) is 0 Å². The predicted octanol–water partition coefficient (Wildman–Crippen LogP) is 2.26. The molecule has 0 aliphatic rings. The van der Waals surface area contributed by atoms with Crippen molar-refractivity contribution in [3.05, 3.63) is 29.6 Å². The van der Waals surface area contributed by atoms with Crippen LogP contribution in [0.25, 0.3) is 0 Å². The highest BCUT2D eigenvalue weighted by Gasteiger charge is 2.22. The Labute approximate surface area is 123 Å². The van der Waals surface area contributed by atoms with Crippen LogP contribution in [0.4, 0.5) is 10.1 Å². The van der Waals surface area contributed by atoms with Crippen molar-refractivity contribution < 1.29 is 19.1 Å². The summed E-state index contributed by atoms with van der Waals surface area (Å²) in [6, 6.07) is 3.84. The molecule has 0 heterocycles. The predicted molar refractivity (Wildman–Crippen MR) is 78.7 cm³/mol. The van der Waals surface area contributed by atoms with Gasteiger partial charge in [-0.3, -0.25) is 14.5 Å². The minimum Gasteiger partial charge on any atom is -0.480 e. The molecule has 21 heavy (non-hydrogen) atoms. The zero-order valence-electron chi connectivity index (χ0n) is 12.5. The normalized spacial score (nSPS) is 12.2. The summed E-state index contributed by atoms with van der Waals surface area (Å²) in [5, 5.41) is 11.5. The molecule has 0 aliphatic heterocycles. The number of carboxylic acid groups (broad SMARTS) is 1. The lowest BCUT2D eigenvalue weighted by molar-refractivity contribution is -0.139. The summed E-state index contributed by atoms with van der Waals surface area (Å²) in [5.41, 5.74) is 0.862. The van der Waals surface area contributed by atoms with Crippen LogP contribution in [-0.2, 0) is 9.59 Å². The molecule has 0 saturated carbocycles. The highest BCUT2D eigenvalue weighted by molar-refractivity contribution is 5.94. The summed E-state index contributed by atoms with van der Waals surface area (Å²) in [6.45, 7) is 5.49. The van der Waals surface area contributed by atoms with Gasteiger partial charge in [-0.25, -0.2) is 4.39 Å². The molecule has 1 rings (SSSR count). The highest BCUT2D eigenvalue weighted by Crippen LogP contribution is 2.14. The Morgan fingerprint density at radius 2 is 2.10 bits per heavy atom. The van der Waals surface area contributed by atoms with E-state index >= 15 is 0 Å². The monoisotopic (exact) mass is 296 g/mol. The van der Waals surface area contributed by atoms with Gasteiger partial charge in [0.25, 0.3) is 0 Å². The number of anilines is 1. The second-order valence-corrected chi connectivity index (χ2v) is 4.99. The van der Waals surface area contributed by atoms with Crippen LogP contribution in [0.5, 0.6) is 0 Å². The number of benzene rings is 1. The van der Waals surface area contributed by atoms with Gasteiger partial charge in [0.05, 0.1) is 12.6 Å². The molecule has 6 heteroatoms. The lowest BCUT2D eigenvalue weighted by Gasteiger charge is -2.26. The van der Waals surface area contributed by atoms with Crippen LogP contribution in [-0.4, -0.2) is 41.0 Å². The number of carboxylic acids is 1. The number of carbonyl (C=O) groups is 2. The van der Waals surface area contributed by atoms with E-state index in [2.05, 4.69) is 5.32 Å². The van der Waals surface area contributed by atoms with Gasteiger partial charge in [-0.05, 0) is 44.5 Å². The first-order chi connectivity index (χ1) is 9.85. The van der Waals surface area contributed by atoms with E-state index < -0.39 is 17.8 Å². The minimum absolute atomic E-state index is 0.204. The summed E-state index contributed by atoms with van der Waals surface area (Å²) in [5.74, 6) is -1.73. The van der Waals surface area contributed by atoms with E-state index in [0.717, 1.165) is 6.42 Å². The first-order valence-electron chi connectivity index (χ1n) is 6.88. The van der Waals surface area contributed by atoms with Crippen molar-refractivity contribution >= 4 is 17.6 Å². The molecule has 0 spiro atoms. The third-order valence-corrected chi connectivity index (χ3v) is 3.22. The maximum Gasteiger partial charge on any atom is 0.317 e. The van der Waals surface area contributed by atoms with Crippen LogP contribution in [0.1, 0.15) is 25.8 Å². The van der Waals surface area contributed by atoms with Crippen LogP contribution in [0.2, 0.25) is 0 Å². The average molecular weight is 296 g/mol. The van der Waals surface area contributed by atoms with Crippen LogP contribution < -0.4 is 5.32 Å². The minimum atomic E-state index is -0.982. The summed E-state index contributed by atoms with van der Waals surface area (Å²) < 4.78 is 13.4. The molecular formula is C15H21FN2O3. The first-order valence-corrected chi connectivity index (χ1v) is 6.88. The smallest absolute Gasteiger partial charge is 0.317 e. The first kappa shape index (κ1) is 17.1. The van der Waals surface area contributed by atoms with E-state index in [1.165, 1.54) is 6.07 Å². The third kappa shape index (κ3) is 5.15. The van der Waals surface area contributed by atoms with Gasteiger partial charge in [0.15, 0.2) is 0 Å². The van der Waals surface area contributed by atoms with E-state index in [0.29, 0.717) is 17.8 Å². The zero-order chi connectivity index (χ0) is 16.0. The molecule has 116 valence electrons. The molecule has 1 aromatic carbocycles. The Morgan fingerprint density at radius 3 is 2.62 bits per heavy atom. The number of carbonyl (C=O) groups excluding carboxylic acids is 1. The standard InChI is InChI=1S/C15H21FN2O3/c1-4-7-18(9-14(19)20)11(3)15(21)17-12-6-5-10(2)13(16)8-12/h5-6,8,11H,4,7,9H2,1-3H3,(H,17,21)(H,19,20). The third-order valence-electron chi connectivity index (χ3n) is 3.22. The molecular weight excluding hydrogens is 275 g/mol. The number of hydrogen-bond donors (Lipinski definition) is 2. The molecule has 0 bridgehead atoms. The molecule has 0 aromatic heterocycles. The van der Waals surface area contributed by atoms with Crippen molar-refractivity contribution in [2.75, 3.05) is 18.4 Å². The van der Waals surface area contributed by atoms with E-state index in [1.807, 2.05) is 6.92 Å². The lowest BCUT2D eigenvalue weighted by atomic mass is 10.2. The fraction of sp³-hybridized carbons (Fsp3) is 0.467. The van der Waals surface area contributed by atoms with Crippen molar-refractivity contribution in [2.45, 2.75) is 33.2 Å². The van der Waals surface area contributed by atoms with Crippen molar-refractivity contribution in [3.63, 3.8) is 0 Å². The van der Waals surface area contributed by atoms with E-state index in [-0.39, 0.29) is 12.5 Å². The largest absolute Gasteiger partial charge is 0.480 e. The van der Waals surface area contributed by atoms with Gasteiger partial charge in [0.1, 0.15) is 5.82 Å². The van der Waals surface area contributed by atoms with Crippen LogP contribution in [0.15, 0.2) is 18.2 Å². The molecule has 1 aromatic rings. The van der Waals surface area contributed by atoms with Crippen molar-refractivity contribution in [1.82, 2.24) is 4.90 Å². The lowest BCUT2D eigenvalue weighted by Crippen LogP contribution is -2.44. The Hall–Kier alpha value is -1.95. The second kappa shape index (κ2) is 7.73. The number of aliphatic carboxylic acids is 1. The summed E-state index contributed by atoms with van der Waals surface area (Å²) >= 11 is 0. The summed E-state index contributed by atoms with van der Waals surface area (Å²) in [6.07, 6.45) is 0.740. The molecule has 0 aliphatic carbocycles. The van der Waals surface area contributed by atoms with Gasteiger partial charge >= 0.3 is 5.97 Å². The Balaban J connectivity index is 2.75. The molecule has 5 nitrogen and oxygen atoms in total. The molecule has 0 radical (unpaired) electrons. The van der Waals surface area contributed by atoms with Gasteiger partial charge in [0.2, 0.25) is 5.91 Å². The van der Waals surface area contributed by atoms with Crippen molar-refractivity contribution in [3.8, 4) is 0 Å². The van der Waals surface area contributed by atoms with E-state index in [9.17, 15) is 14.0 Å². The highest BCUT2D eigenvalue weighted by atomic mass is 19.1. The number of nitrogens with one attached hydrogen (secondary N) is 1. The quantitative estimate of drug-likeness (QED) is 0.809. The molecule has 0 fully saturated rings. The van der Waals surface area contributed by atoms with Crippen LogP contribution >= 0.6 is 0 Å². The Bertz CT molecular complexity index is 520. The molecule has 0 saturated heterocycles. The number of halogens is 1.